The lowest BCUT2D eigenvalue weighted by Gasteiger charge is -2.20. The first-order chi connectivity index (χ1) is 13.2. The number of carbonyl (C=O) groups is 1. The fourth-order valence-electron chi connectivity index (χ4n) is 3.25. The van der Waals surface area contributed by atoms with E-state index in [9.17, 15) is 9.18 Å². The molecule has 27 heavy (non-hydrogen) atoms. The quantitative estimate of drug-likeness (QED) is 0.705. The van der Waals surface area contributed by atoms with E-state index in [0.29, 0.717) is 43.0 Å². The van der Waals surface area contributed by atoms with Crippen molar-refractivity contribution < 1.29 is 13.9 Å². The lowest BCUT2D eigenvalue weighted by molar-refractivity contribution is 0.0757. The molecule has 0 saturated heterocycles. The van der Waals surface area contributed by atoms with Crippen molar-refractivity contribution in [1.82, 2.24) is 9.88 Å². The Morgan fingerprint density at radius 1 is 1.04 bits per heavy atom. The highest BCUT2D eigenvalue weighted by Crippen LogP contribution is 2.29. The molecule has 3 aromatic rings. The van der Waals surface area contributed by atoms with Crippen LogP contribution in [0.25, 0.3) is 11.1 Å². The number of nitrogens with zero attached hydrogens (tertiary/aromatic N) is 2. The van der Waals surface area contributed by atoms with E-state index in [2.05, 4.69) is 4.98 Å². The number of carbonyl (C=O) groups excluding carboxylic acids is 1. The fraction of sp³-hybridized carbons (Fsp3) is 0.182. The molecule has 0 aliphatic carbocycles. The van der Waals surface area contributed by atoms with E-state index in [1.807, 2.05) is 30.3 Å². The summed E-state index contributed by atoms with van der Waals surface area (Å²) in [5.74, 6) is 0.265. The number of benzene rings is 2. The fourth-order valence-corrected chi connectivity index (χ4v) is 3.25. The summed E-state index contributed by atoms with van der Waals surface area (Å²) >= 11 is 0. The van der Waals surface area contributed by atoms with Crippen molar-refractivity contribution in [1.29, 1.82) is 0 Å². The van der Waals surface area contributed by atoms with E-state index in [1.54, 1.807) is 35.5 Å². The Morgan fingerprint density at radius 3 is 2.67 bits per heavy atom. The SMILES string of the molecule is O=C1c2ccc(-c3ccncc3)cc2OCCN1CCc1ccccc1F. The molecular formula is C22H19FN2O2. The predicted octanol–water partition coefficient (Wildman–Crippen LogP) is 3.97. The van der Waals surface area contributed by atoms with Crippen molar-refractivity contribution >= 4 is 5.91 Å². The van der Waals surface area contributed by atoms with Crippen molar-refractivity contribution in [2.75, 3.05) is 19.7 Å². The molecule has 2 heterocycles. The average Bonchev–Trinajstić information content (AvgIpc) is 2.86. The topological polar surface area (TPSA) is 42.4 Å². The molecule has 0 unspecified atom stereocenters. The second-order valence-electron chi connectivity index (χ2n) is 6.43. The van der Waals surface area contributed by atoms with E-state index < -0.39 is 0 Å². The molecule has 0 fully saturated rings. The molecule has 1 aliphatic heterocycles. The van der Waals surface area contributed by atoms with Gasteiger partial charge in [-0.2, -0.15) is 0 Å². The van der Waals surface area contributed by atoms with Crippen molar-refractivity contribution in [2.24, 2.45) is 0 Å². The number of halogens is 1. The highest BCUT2D eigenvalue weighted by Gasteiger charge is 2.24. The summed E-state index contributed by atoms with van der Waals surface area (Å²) in [6, 6.07) is 16.1. The first kappa shape index (κ1) is 17.2. The Morgan fingerprint density at radius 2 is 1.85 bits per heavy atom. The molecule has 1 aromatic heterocycles. The Kier molecular flexibility index (Phi) is 4.83. The van der Waals surface area contributed by atoms with Crippen molar-refractivity contribution in [3.8, 4) is 16.9 Å². The number of fused-ring (bicyclic) bond motifs is 1. The summed E-state index contributed by atoms with van der Waals surface area (Å²) in [5.41, 5.74) is 3.15. The number of rotatable bonds is 4. The number of ether oxygens (including phenoxy) is 1. The molecule has 136 valence electrons. The lowest BCUT2D eigenvalue weighted by Crippen LogP contribution is -2.34. The van der Waals surface area contributed by atoms with Crippen LogP contribution in [0, 0.1) is 5.82 Å². The van der Waals surface area contributed by atoms with Crippen LogP contribution in [-0.2, 0) is 6.42 Å². The summed E-state index contributed by atoms with van der Waals surface area (Å²) < 4.78 is 19.7. The molecular weight excluding hydrogens is 343 g/mol. The summed E-state index contributed by atoms with van der Waals surface area (Å²) in [5, 5.41) is 0. The van der Waals surface area contributed by atoms with E-state index >= 15 is 0 Å². The number of aromatic nitrogens is 1. The van der Waals surface area contributed by atoms with Gasteiger partial charge in [-0.05, 0) is 53.4 Å². The molecule has 0 N–H and O–H groups in total. The van der Waals surface area contributed by atoms with Gasteiger partial charge in [0, 0.05) is 18.9 Å². The lowest BCUT2D eigenvalue weighted by atomic mass is 10.0. The second-order valence-corrected chi connectivity index (χ2v) is 6.43. The maximum atomic E-state index is 13.8. The molecule has 0 bridgehead atoms. The van der Waals surface area contributed by atoms with E-state index in [-0.39, 0.29) is 11.7 Å². The van der Waals surface area contributed by atoms with Gasteiger partial charge in [-0.25, -0.2) is 4.39 Å². The smallest absolute Gasteiger partial charge is 0.257 e. The van der Waals surface area contributed by atoms with Crippen molar-refractivity contribution in [3.63, 3.8) is 0 Å². The maximum absolute atomic E-state index is 13.8. The van der Waals surface area contributed by atoms with Crippen LogP contribution >= 0.6 is 0 Å². The minimum atomic E-state index is -0.238. The zero-order chi connectivity index (χ0) is 18.6. The summed E-state index contributed by atoms with van der Waals surface area (Å²) in [7, 11) is 0. The third kappa shape index (κ3) is 3.67. The first-order valence-corrected chi connectivity index (χ1v) is 8.92. The van der Waals surface area contributed by atoms with Crippen molar-refractivity contribution in [2.45, 2.75) is 6.42 Å². The van der Waals surface area contributed by atoms with Gasteiger partial charge in [0.2, 0.25) is 0 Å². The molecule has 0 radical (unpaired) electrons. The highest BCUT2D eigenvalue weighted by molar-refractivity contribution is 5.98. The van der Waals surface area contributed by atoms with Crippen LogP contribution in [0.3, 0.4) is 0 Å². The Balaban J connectivity index is 1.54. The van der Waals surface area contributed by atoms with Crippen LogP contribution < -0.4 is 4.74 Å². The van der Waals surface area contributed by atoms with Crippen LogP contribution in [0.2, 0.25) is 0 Å². The second kappa shape index (κ2) is 7.58. The van der Waals surface area contributed by atoms with E-state index in [1.165, 1.54) is 6.07 Å². The molecule has 4 nitrogen and oxygen atoms in total. The van der Waals surface area contributed by atoms with Crippen LogP contribution in [-0.4, -0.2) is 35.5 Å². The number of hydrogen-bond donors (Lipinski definition) is 0. The van der Waals surface area contributed by atoms with Gasteiger partial charge in [-0.15, -0.1) is 0 Å². The molecule has 5 heteroatoms. The third-order valence-corrected chi connectivity index (χ3v) is 4.74. The van der Waals surface area contributed by atoms with Crippen LogP contribution in [0.1, 0.15) is 15.9 Å². The van der Waals surface area contributed by atoms with E-state index in [0.717, 1.165) is 11.1 Å². The summed E-state index contributed by atoms with van der Waals surface area (Å²) in [6.45, 7) is 1.34. The van der Waals surface area contributed by atoms with Crippen molar-refractivity contribution in [3.05, 3.63) is 83.9 Å². The number of pyridine rings is 1. The van der Waals surface area contributed by atoms with Crippen LogP contribution in [0.5, 0.6) is 5.75 Å². The van der Waals surface area contributed by atoms with Gasteiger partial charge in [-0.1, -0.05) is 24.3 Å². The van der Waals surface area contributed by atoms with Crippen LogP contribution in [0.15, 0.2) is 67.0 Å². The van der Waals surface area contributed by atoms with Gasteiger partial charge in [0.15, 0.2) is 0 Å². The zero-order valence-electron chi connectivity index (χ0n) is 14.8. The molecule has 1 aliphatic rings. The minimum absolute atomic E-state index is 0.0832. The summed E-state index contributed by atoms with van der Waals surface area (Å²) in [4.78, 5) is 18.7. The molecule has 4 rings (SSSR count). The molecule has 0 saturated carbocycles. The number of amides is 1. The van der Waals surface area contributed by atoms with Gasteiger partial charge in [0.1, 0.15) is 18.2 Å². The monoisotopic (exact) mass is 362 g/mol. The molecule has 2 aromatic carbocycles. The van der Waals surface area contributed by atoms with Gasteiger partial charge < -0.3 is 9.64 Å². The van der Waals surface area contributed by atoms with Gasteiger partial charge in [-0.3, -0.25) is 9.78 Å². The predicted molar refractivity (Wildman–Crippen MR) is 101 cm³/mol. The van der Waals surface area contributed by atoms with Gasteiger partial charge in [0.25, 0.3) is 5.91 Å². The third-order valence-electron chi connectivity index (χ3n) is 4.74. The normalized spacial score (nSPS) is 13.7. The summed E-state index contributed by atoms with van der Waals surface area (Å²) in [6.07, 6.45) is 3.94. The Hall–Kier alpha value is -3.21. The van der Waals surface area contributed by atoms with Gasteiger partial charge in [0.05, 0.1) is 12.1 Å². The standard InChI is InChI=1S/C22H19FN2O2/c23-20-4-2-1-3-17(20)9-12-25-13-14-27-21-15-18(5-6-19(21)22(25)26)16-7-10-24-11-8-16/h1-8,10-11,15H,9,12-14H2. The maximum Gasteiger partial charge on any atom is 0.257 e. The molecule has 0 spiro atoms. The molecule has 0 atom stereocenters. The average molecular weight is 362 g/mol. The first-order valence-electron chi connectivity index (χ1n) is 8.92. The zero-order valence-corrected chi connectivity index (χ0v) is 14.8. The Bertz CT molecular complexity index is 960. The van der Waals surface area contributed by atoms with Crippen LogP contribution in [0.4, 0.5) is 4.39 Å². The number of hydrogen-bond acceptors (Lipinski definition) is 3. The van der Waals surface area contributed by atoms with E-state index in [4.69, 9.17) is 4.74 Å². The highest BCUT2D eigenvalue weighted by atomic mass is 19.1. The Labute approximate surface area is 157 Å². The largest absolute Gasteiger partial charge is 0.491 e. The molecule has 1 amide bonds. The van der Waals surface area contributed by atoms with Gasteiger partial charge >= 0.3 is 0 Å². The minimum Gasteiger partial charge on any atom is -0.491 e.